The van der Waals surface area contributed by atoms with Gasteiger partial charge in [-0.15, -0.1) is 0 Å². The van der Waals surface area contributed by atoms with E-state index in [0.717, 1.165) is 12.8 Å². The SMILES string of the molecule is [CH2]CCCC(=O)N(C(C)C)C(C)(C)C. The van der Waals surface area contributed by atoms with Crippen LogP contribution in [-0.2, 0) is 4.79 Å². The number of carbonyl (C=O) groups excluding carboxylic acids is 1. The Morgan fingerprint density at radius 3 is 2.14 bits per heavy atom. The Labute approximate surface area is 88.7 Å². The highest BCUT2D eigenvalue weighted by Crippen LogP contribution is 2.18. The van der Waals surface area contributed by atoms with Gasteiger partial charge in [0.25, 0.3) is 0 Å². The predicted molar refractivity (Wildman–Crippen MR) is 60.9 cm³/mol. The molecule has 0 aliphatic heterocycles. The van der Waals surface area contributed by atoms with Gasteiger partial charge in [-0.05, 0) is 41.0 Å². The molecular weight excluding hydrogens is 174 g/mol. The maximum absolute atomic E-state index is 11.9. The summed E-state index contributed by atoms with van der Waals surface area (Å²) in [5.41, 5.74) is -0.0770. The number of amides is 1. The molecule has 0 N–H and O–H groups in total. The molecule has 0 unspecified atom stereocenters. The van der Waals surface area contributed by atoms with Gasteiger partial charge in [0, 0.05) is 18.0 Å². The molecule has 0 spiro atoms. The van der Waals surface area contributed by atoms with Gasteiger partial charge in [-0.3, -0.25) is 4.79 Å². The number of nitrogens with zero attached hydrogens (tertiary/aromatic N) is 1. The second-order valence-electron chi connectivity index (χ2n) is 4.99. The van der Waals surface area contributed by atoms with Gasteiger partial charge in [0.05, 0.1) is 0 Å². The molecule has 0 atom stereocenters. The van der Waals surface area contributed by atoms with Gasteiger partial charge in [-0.2, -0.15) is 0 Å². The molecule has 14 heavy (non-hydrogen) atoms. The topological polar surface area (TPSA) is 20.3 Å². The quantitative estimate of drug-likeness (QED) is 0.680. The van der Waals surface area contributed by atoms with Gasteiger partial charge in [-0.1, -0.05) is 13.3 Å². The van der Waals surface area contributed by atoms with Crippen LogP contribution in [-0.4, -0.2) is 22.4 Å². The second kappa shape index (κ2) is 5.38. The highest BCUT2D eigenvalue weighted by molar-refractivity contribution is 5.77. The molecule has 0 aromatic rings. The summed E-state index contributed by atoms with van der Waals surface area (Å²) >= 11 is 0. The van der Waals surface area contributed by atoms with Gasteiger partial charge < -0.3 is 4.90 Å². The summed E-state index contributed by atoms with van der Waals surface area (Å²) in [4.78, 5) is 13.8. The molecule has 0 bridgehead atoms. The summed E-state index contributed by atoms with van der Waals surface area (Å²) in [6.45, 7) is 14.1. The fraction of sp³-hybridized carbons (Fsp3) is 0.833. The van der Waals surface area contributed by atoms with E-state index in [9.17, 15) is 4.79 Å². The van der Waals surface area contributed by atoms with E-state index in [-0.39, 0.29) is 17.5 Å². The molecule has 0 aromatic carbocycles. The Morgan fingerprint density at radius 1 is 1.36 bits per heavy atom. The molecule has 2 heteroatoms. The first-order chi connectivity index (χ1) is 6.30. The van der Waals surface area contributed by atoms with Gasteiger partial charge in [-0.25, -0.2) is 0 Å². The van der Waals surface area contributed by atoms with Crippen molar-refractivity contribution in [1.29, 1.82) is 0 Å². The van der Waals surface area contributed by atoms with Crippen LogP contribution in [0.1, 0.15) is 53.9 Å². The first-order valence-electron chi connectivity index (χ1n) is 5.42. The molecule has 0 rings (SSSR count). The van der Waals surface area contributed by atoms with Crippen LogP contribution >= 0.6 is 0 Å². The summed E-state index contributed by atoms with van der Waals surface area (Å²) in [5, 5.41) is 0. The Bertz CT molecular complexity index is 179. The van der Waals surface area contributed by atoms with Crippen molar-refractivity contribution in [2.45, 2.75) is 65.5 Å². The van der Waals surface area contributed by atoms with E-state index in [0.29, 0.717) is 6.42 Å². The van der Waals surface area contributed by atoms with Crippen molar-refractivity contribution in [2.24, 2.45) is 0 Å². The van der Waals surface area contributed by atoms with E-state index in [2.05, 4.69) is 41.5 Å². The van der Waals surface area contributed by atoms with Crippen molar-refractivity contribution >= 4 is 5.91 Å². The molecule has 0 aliphatic carbocycles. The third-order valence-electron chi connectivity index (χ3n) is 2.15. The van der Waals surface area contributed by atoms with E-state index in [4.69, 9.17) is 0 Å². The van der Waals surface area contributed by atoms with Gasteiger partial charge in [0.1, 0.15) is 0 Å². The second-order valence-corrected chi connectivity index (χ2v) is 4.99. The summed E-state index contributed by atoms with van der Waals surface area (Å²) in [5.74, 6) is 0.246. The molecule has 83 valence electrons. The third kappa shape index (κ3) is 4.12. The van der Waals surface area contributed by atoms with E-state index >= 15 is 0 Å². The molecule has 2 nitrogen and oxygen atoms in total. The maximum Gasteiger partial charge on any atom is 0.223 e. The monoisotopic (exact) mass is 198 g/mol. The van der Waals surface area contributed by atoms with Crippen molar-refractivity contribution in [1.82, 2.24) is 4.90 Å². The van der Waals surface area contributed by atoms with Crippen LogP contribution in [0.25, 0.3) is 0 Å². The molecule has 0 saturated heterocycles. The average Bonchev–Trinajstić information content (AvgIpc) is 1.97. The largest absolute Gasteiger partial charge is 0.335 e. The van der Waals surface area contributed by atoms with E-state index in [1.807, 2.05) is 4.90 Å². The van der Waals surface area contributed by atoms with Gasteiger partial charge in [0.2, 0.25) is 5.91 Å². The number of rotatable bonds is 4. The number of carbonyl (C=O) groups is 1. The summed E-state index contributed by atoms with van der Waals surface area (Å²) < 4.78 is 0. The van der Waals surface area contributed by atoms with Crippen molar-refractivity contribution in [3.05, 3.63) is 6.92 Å². The Hall–Kier alpha value is -0.530. The molecular formula is C12H24NO. The standard InChI is InChI=1S/C12H24NO/c1-7-8-9-11(14)13(10(2)3)12(4,5)6/h10H,1,7-9H2,2-6H3. The fourth-order valence-corrected chi connectivity index (χ4v) is 1.83. The lowest BCUT2D eigenvalue weighted by molar-refractivity contribution is -0.138. The third-order valence-corrected chi connectivity index (χ3v) is 2.15. The number of hydrogen-bond acceptors (Lipinski definition) is 1. The minimum absolute atomic E-state index is 0.0770. The fourth-order valence-electron chi connectivity index (χ4n) is 1.83. The smallest absolute Gasteiger partial charge is 0.223 e. The minimum Gasteiger partial charge on any atom is -0.335 e. The first-order valence-corrected chi connectivity index (χ1v) is 5.42. The van der Waals surface area contributed by atoms with Crippen LogP contribution < -0.4 is 0 Å². The molecule has 0 fully saturated rings. The van der Waals surface area contributed by atoms with Crippen LogP contribution in [0.2, 0.25) is 0 Å². The molecule has 1 amide bonds. The van der Waals surface area contributed by atoms with Crippen LogP contribution in [0.5, 0.6) is 0 Å². The molecule has 0 heterocycles. The normalized spacial score (nSPS) is 11.9. The van der Waals surface area contributed by atoms with Crippen LogP contribution in [0.4, 0.5) is 0 Å². The van der Waals surface area contributed by atoms with Crippen LogP contribution in [0.15, 0.2) is 0 Å². The lowest BCUT2D eigenvalue weighted by atomic mass is 10.0. The van der Waals surface area contributed by atoms with Crippen LogP contribution in [0, 0.1) is 6.92 Å². The van der Waals surface area contributed by atoms with Crippen molar-refractivity contribution in [2.75, 3.05) is 0 Å². The molecule has 0 saturated carbocycles. The molecule has 0 aliphatic rings. The van der Waals surface area contributed by atoms with Crippen molar-refractivity contribution < 1.29 is 4.79 Å². The number of unbranched alkanes of at least 4 members (excludes halogenated alkanes) is 1. The summed E-state index contributed by atoms with van der Waals surface area (Å²) in [6.07, 6.45) is 2.35. The van der Waals surface area contributed by atoms with Crippen LogP contribution in [0.3, 0.4) is 0 Å². The molecule has 0 aromatic heterocycles. The Morgan fingerprint density at radius 2 is 1.86 bits per heavy atom. The van der Waals surface area contributed by atoms with E-state index in [1.54, 1.807) is 0 Å². The predicted octanol–water partition coefficient (Wildman–Crippen LogP) is 3.03. The Kier molecular flexibility index (Phi) is 5.17. The van der Waals surface area contributed by atoms with Crippen molar-refractivity contribution in [3.8, 4) is 0 Å². The zero-order valence-corrected chi connectivity index (χ0v) is 10.3. The van der Waals surface area contributed by atoms with Gasteiger partial charge in [0.15, 0.2) is 0 Å². The first kappa shape index (κ1) is 13.5. The van der Waals surface area contributed by atoms with E-state index in [1.165, 1.54) is 0 Å². The van der Waals surface area contributed by atoms with E-state index < -0.39 is 0 Å². The summed E-state index contributed by atoms with van der Waals surface area (Å²) in [6, 6.07) is 0.271. The minimum atomic E-state index is -0.0770. The van der Waals surface area contributed by atoms with Crippen molar-refractivity contribution in [3.63, 3.8) is 0 Å². The van der Waals surface area contributed by atoms with Gasteiger partial charge >= 0.3 is 0 Å². The zero-order valence-electron chi connectivity index (χ0n) is 10.3. The average molecular weight is 198 g/mol. The maximum atomic E-state index is 11.9. The number of hydrogen-bond donors (Lipinski definition) is 0. The highest BCUT2D eigenvalue weighted by Gasteiger charge is 2.27. The zero-order chi connectivity index (χ0) is 11.4. The Balaban J connectivity index is 4.43. The lowest BCUT2D eigenvalue weighted by Crippen LogP contribution is -2.49. The highest BCUT2D eigenvalue weighted by atomic mass is 16.2. The summed E-state index contributed by atoms with van der Waals surface area (Å²) in [7, 11) is 0. The molecule has 1 radical (unpaired) electrons. The lowest BCUT2D eigenvalue weighted by Gasteiger charge is -2.39.